The van der Waals surface area contributed by atoms with E-state index < -0.39 is 0 Å². The van der Waals surface area contributed by atoms with E-state index >= 15 is 0 Å². The average molecular weight is 609 g/mol. The fraction of sp³-hybridized carbons (Fsp3) is 0.659. The third-order valence-electron chi connectivity index (χ3n) is 14.1. The van der Waals surface area contributed by atoms with E-state index in [-0.39, 0.29) is 10.8 Å². The van der Waals surface area contributed by atoms with E-state index in [1.54, 1.807) is 0 Å². The summed E-state index contributed by atoms with van der Waals surface area (Å²) in [5.41, 5.74) is 5.93. The molecular formula is C41H52O4. The van der Waals surface area contributed by atoms with Gasteiger partial charge in [0.15, 0.2) is 0 Å². The van der Waals surface area contributed by atoms with Gasteiger partial charge in [-0.05, 0) is 165 Å². The SMILES string of the molecule is CC12CCC3c4ccc(OCCCCCOc5ccc6c(c5)CCC5C6CCC6(C)C(=O)CCC56)cc4CCC3C1CCC2=O. The first-order valence-corrected chi connectivity index (χ1v) is 18.4. The van der Waals surface area contributed by atoms with Crippen LogP contribution in [0.5, 0.6) is 11.5 Å². The van der Waals surface area contributed by atoms with E-state index in [0.29, 0.717) is 47.1 Å². The molecule has 0 spiro atoms. The minimum Gasteiger partial charge on any atom is -0.494 e. The van der Waals surface area contributed by atoms with Gasteiger partial charge in [0.2, 0.25) is 0 Å². The number of Topliss-reactive ketones (excluding diaryl/α,β-unsaturated/α-hetero) is 2. The van der Waals surface area contributed by atoms with Gasteiger partial charge >= 0.3 is 0 Å². The third-order valence-corrected chi connectivity index (χ3v) is 14.1. The van der Waals surface area contributed by atoms with Crippen LogP contribution in [-0.2, 0) is 22.4 Å². The molecule has 4 saturated carbocycles. The topological polar surface area (TPSA) is 52.6 Å². The Kier molecular flexibility index (Phi) is 7.65. The van der Waals surface area contributed by atoms with Gasteiger partial charge in [-0.3, -0.25) is 9.59 Å². The largest absolute Gasteiger partial charge is 0.494 e. The lowest BCUT2D eigenvalue weighted by molar-refractivity contribution is -0.130. The standard InChI is InChI=1S/C41H52O4/c1-40-20-18-32-30-12-8-28(24-26(30)6-10-34(32)36(40)14-16-38(40)42)44-22-4-3-5-23-45-29-9-13-31-27(25-29)7-11-35-33(31)19-21-41(2)37(35)15-17-39(41)43/h8-9,12-13,24-25,32-37H,3-7,10-11,14-23H2,1-2H3. The highest BCUT2D eigenvalue weighted by Gasteiger charge is 2.55. The number of aryl methyl sites for hydroxylation is 2. The molecule has 6 aliphatic carbocycles. The molecule has 4 fully saturated rings. The number of carbonyl (C=O) groups is 2. The lowest BCUT2D eigenvalue weighted by Crippen LogP contribution is -2.42. The van der Waals surface area contributed by atoms with Crippen LogP contribution in [0.15, 0.2) is 36.4 Å². The Labute approximate surface area is 270 Å². The second-order valence-electron chi connectivity index (χ2n) is 16.1. The Hall–Kier alpha value is -2.62. The Bertz CT molecular complexity index is 1370. The first-order valence-electron chi connectivity index (χ1n) is 18.4. The molecule has 0 N–H and O–H groups in total. The van der Waals surface area contributed by atoms with Gasteiger partial charge in [0.1, 0.15) is 23.1 Å². The number of ether oxygens (including phenoxy) is 2. The van der Waals surface area contributed by atoms with Crippen molar-refractivity contribution in [2.24, 2.45) is 34.5 Å². The fourth-order valence-corrected chi connectivity index (χ4v) is 11.6. The number of unbranched alkanes of at least 4 members (excludes halogenated alkanes) is 2. The molecule has 4 nitrogen and oxygen atoms in total. The van der Waals surface area contributed by atoms with Crippen molar-refractivity contribution in [2.75, 3.05) is 13.2 Å². The highest BCUT2D eigenvalue weighted by Crippen LogP contribution is 2.61. The van der Waals surface area contributed by atoms with Gasteiger partial charge in [0, 0.05) is 23.7 Å². The summed E-state index contributed by atoms with van der Waals surface area (Å²) in [5.74, 6) is 6.87. The first-order chi connectivity index (χ1) is 21.8. The Balaban J connectivity index is 0.782. The van der Waals surface area contributed by atoms with Gasteiger partial charge in [-0.25, -0.2) is 0 Å². The van der Waals surface area contributed by atoms with Crippen molar-refractivity contribution in [1.29, 1.82) is 0 Å². The molecule has 45 heavy (non-hydrogen) atoms. The molecule has 0 aliphatic heterocycles. The van der Waals surface area contributed by atoms with Crippen molar-refractivity contribution in [3.05, 3.63) is 58.7 Å². The van der Waals surface area contributed by atoms with E-state index in [1.165, 1.54) is 35.1 Å². The smallest absolute Gasteiger partial charge is 0.139 e. The monoisotopic (exact) mass is 608 g/mol. The van der Waals surface area contributed by atoms with E-state index in [1.807, 2.05) is 0 Å². The minimum atomic E-state index is -0.0470. The maximum atomic E-state index is 12.6. The van der Waals surface area contributed by atoms with Gasteiger partial charge < -0.3 is 9.47 Å². The van der Waals surface area contributed by atoms with Crippen molar-refractivity contribution in [2.45, 2.75) is 122 Å². The number of ketones is 2. The molecule has 2 aromatic rings. The van der Waals surface area contributed by atoms with Crippen LogP contribution in [0.3, 0.4) is 0 Å². The van der Waals surface area contributed by atoms with Crippen LogP contribution in [0.4, 0.5) is 0 Å². The predicted octanol–water partition coefficient (Wildman–Crippen LogP) is 9.17. The molecule has 0 amide bonds. The molecule has 4 heteroatoms. The summed E-state index contributed by atoms with van der Waals surface area (Å²) in [7, 11) is 0. The number of fused-ring (bicyclic) bond motifs is 10. The minimum absolute atomic E-state index is 0.0470. The molecule has 8 rings (SSSR count). The van der Waals surface area contributed by atoms with Crippen molar-refractivity contribution in [3.63, 3.8) is 0 Å². The van der Waals surface area contributed by atoms with Crippen LogP contribution in [0.25, 0.3) is 0 Å². The van der Waals surface area contributed by atoms with Gasteiger partial charge in [-0.1, -0.05) is 26.0 Å². The molecule has 0 saturated heterocycles. The van der Waals surface area contributed by atoms with Gasteiger partial charge in [0.05, 0.1) is 13.2 Å². The fourth-order valence-electron chi connectivity index (χ4n) is 11.6. The summed E-state index contributed by atoms with van der Waals surface area (Å²) >= 11 is 0. The molecule has 0 radical (unpaired) electrons. The molecule has 6 aliphatic rings. The van der Waals surface area contributed by atoms with Crippen molar-refractivity contribution >= 4 is 11.6 Å². The van der Waals surface area contributed by atoms with Crippen molar-refractivity contribution in [3.8, 4) is 11.5 Å². The molecule has 0 bridgehead atoms. The highest BCUT2D eigenvalue weighted by atomic mass is 16.5. The molecular weight excluding hydrogens is 556 g/mol. The molecule has 0 heterocycles. The number of benzene rings is 2. The Morgan fingerprint density at radius 2 is 1.07 bits per heavy atom. The van der Waals surface area contributed by atoms with Crippen LogP contribution in [0, 0.1) is 34.5 Å². The first kappa shape index (κ1) is 29.8. The van der Waals surface area contributed by atoms with Crippen molar-refractivity contribution in [1.82, 2.24) is 0 Å². The summed E-state index contributed by atoms with van der Waals surface area (Å²) in [4.78, 5) is 25.3. The molecule has 0 aromatic heterocycles. The highest BCUT2D eigenvalue weighted by molar-refractivity contribution is 5.87. The quantitative estimate of drug-likeness (QED) is 0.281. The second kappa shape index (κ2) is 11.6. The number of rotatable bonds is 8. The lowest BCUT2D eigenvalue weighted by Gasteiger charge is -2.48. The van der Waals surface area contributed by atoms with Crippen LogP contribution >= 0.6 is 0 Å². The zero-order chi connectivity index (χ0) is 30.8. The van der Waals surface area contributed by atoms with Crippen LogP contribution in [0.1, 0.15) is 131 Å². The summed E-state index contributed by atoms with van der Waals surface area (Å²) < 4.78 is 12.4. The van der Waals surface area contributed by atoms with E-state index in [2.05, 4.69) is 50.2 Å². The maximum absolute atomic E-state index is 12.6. The zero-order valence-electron chi connectivity index (χ0n) is 27.6. The van der Waals surface area contributed by atoms with Crippen LogP contribution in [-0.4, -0.2) is 24.8 Å². The summed E-state index contributed by atoms with van der Waals surface area (Å²) in [5, 5.41) is 0. The number of hydrogen-bond donors (Lipinski definition) is 0. The number of carbonyl (C=O) groups excluding carboxylic acids is 2. The number of hydrogen-bond acceptors (Lipinski definition) is 4. The molecule has 2 aromatic carbocycles. The molecule has 8 atom stereocenters. The van der Waals surface area contributed by atoms with E-state index in [4.69, 9.17) is 9.47 Å². The Morgan fingerprint density at radius 1 is 0.600 bits per heavy atom. The average Bonchev–Trinajstić information content (AvgIpc) is 3.53. The normalized spacial score (nSPS) is 36.3. The summed E-state index contributed by atoms with van der Waals surface area (Å²) in [6, 6.07) is 13.7. The predicted molar refractivity (Wildman–Crippen MR) is 177 cm³/mol. The second-order valence-corrected chi connectivity index (χ2v) is 16.1. The van der Waals surface area contributed by atoms with Crippen LogP contribution < -0.4 is 9.47 Å². The van der Waals surface area contributed by atoms with Gasteiger partial charge in [0.25, 0.3) is 0 Å². The Morgan fingerprint density at radius 3 is 1.53 bits per heavy atom. The van der Waals surface area contributed by atoms with E-state index in [9.17, 15) is 9.59 Å². The summed E-state index contributed by atoms with van der Waals surface area (Å²) in [6.45, 7) is 6.02. The maximum Gasteiger partial charge on any atom is 0.139 e. The lowest BCUT2D eigenvalue weighted by atomic mass is 9.55. The molecule has 8 unspecified atom stereocenters. The van der Waals surface area contributed by atoms with Crippen molar-refractivity contribution < 1.29 is 19.1 Å². The van der Waals surface area contributed by atoms with Crippen LogP contribution in [0.2, 0.25) is 0 Å². The molecule has 240 valence electrons. The zero-order valence-corrected chi connectivity index (χ0v) is 27.6. The third kappa shape index (κ3) is 4.99. The van der Waals surface area contributed by atoms with Gasteiger partial charge in [-0.2, -0.15) is 0 Å². The van der Waals surface area contributed by atoms with Gasteiger partial charge in [-0.15, -0.1) is 0 Å². The summed E-state index contributed by atoms with van der Waals surface area (Å²) in [6.07, 6.45) is 16.1. The van der Waals surface area contributed by atoms with E-state index in [0.717, 1.165) is 108 Å².